The molecule has 1 saturated heterocycles. The largest absolute Gasteiger partial charge is 0.355 e. The summed E-state index contributed by atoms with van der Waals surface area (Å²) in [7, 11) is 0. The highest BCUT2D eigenvalue weighted by molar-refractivity contribution is 6.28. The van der Waals surface area contributed by atoms with Crippen LogP contribution in [0.5, 0.6) is 0 Å². The molecule has 0 aliphatic carbocycles. The number of hydrogen-bond donors (Lipinski definition) is 0. The molecule has 0 N–H and O–H groups in total. The molecule has 1 aliphatic heterocycles. The molecule has 0 radical (unpaired) electrons. The van der Waals surface area contributed by atoms with Gasteiger partial charge in [-0.25, -0.2) is 4.98 Å². The van der Waals surface area contributed by atoms with E-state index in [2.05, 4.69) is 32.0 Å². The van der Waals surface area contributed by atoms with Crippen molar-refractivity contribution in [3.05, 3.63) is 47.5 Å². The van der Waals surface area contributed by atoms with Gasteiger partial charge in [0.1, 0.15) is 0 Å². The molecular weight excluding hydrogens is 298 g/mol. The van der Waals surface area contributed by atoms with Gasteiger partial charge < -0.3 is 9.47 Å². The van der Waals surface area contributed by atoms with E-state index in [1.807, 2.05) is 29.1 Å². The zero-order valence-corrected chi connectivity index (χ0v) is 12.9. The smallest absolute Gasteiger partial charge is 0.226 e. The molecular formula is C16H16ClN5. The molecule has 1 aliphatic rings. The van der Waals surface area contributed by atoms with Gasteiger partial charge in [-0.05, 0) is 30.0 Å². The first-order valence-electron chi connectivity index (χ1n) is 7.48. The highest BCUT2D eigenvalue weighted by Crippen LogP contribution is 2.27. The van der Waals surface area contributed by atoms with Gasteiger partial charge in [-0.1, -0.05) is 30.3 Å². The van der Waals surface area contributed by atoms with Gasteiger partial charge >= 0.3 is 0 Å². The number of halogens is 1. The third-order valence-electron chi connectivity index (χ3n) is 4.02. The minimum absolute atomic E-state index is 0.282. The second-order valence-corrected chi connectivity index (χ2v) is 5.88. The molecule has 2 aromatic heterocycles. The number of rotatable bonds is 3. The lowest BCUT2D eigenvalue weighted by molar-refractivity contribution is 0.813. The molecule has 0 spiro atoms. The van der Waals surface area contributed by atoms with E-state index < -0.39 is 0 Å². The van der Waals surface area contributed by atoms with Crippen LogP contribution in [0, 0.1) is 0 Å². The summed E-state index contributed by atoms with van der Waals surface area (Å²) in [5.41, 5.74) is 2.84. The Labute approximate surface area is 133 Å². The van der Waals surface area contributed by atoms with Crippen molar-refractivity contribution < 1.29 is 0 Å². The minimum Gasteiger partial charge on any atom is -0.355 e. The molecule has 0 amide bonds. The first kappa shape index (κ1) is 13.5. The molecule has 22 heavy (non-hydrogen) atoms. The van der Waals surface area contributed by atoms with Gasteiger partial charge in [-0.2, -0.15) is 9.97 Å². The standard InChI is InChI=1S/C16H16ClN5/c17-16-19-14(21-8-4-5-9-21)13-15(20-16)22(11-18-13)10-12-6-2-1-3-7-12/h1-3,6-7,11H,4-5,8-10H2. The number of nitrogens with zero attached hydrogens (tertiary/aromatic N) is 5. The lowest BCUT2D eigenvalue weighted by Gasteiger charge is -2.16. The van der Waals surface area contributed by atoms with Gasteiger partial charge in [0, 0.05) is 13.1 Å². The van der Waals surface area contributed by atoms with E-state index in [4.69, 9.17) is 11.6 Å². The summed E-state index contributed by atoms with van der Waals surface area (Å²) in [6.07, 6.45) is 4.20. The quantitative estimate of drug-likeness (QED) is 0.697. The Kier molecular flexibility index (Phi) is 3.42. The summed E-state index contributed by atoms with van der Waals surface area (Å²) >= 11 is 6.14. The molecule has 3 aromatic rings. The number of fused-ring (bicyclic) bond motifs is 1. The van der Waals surface area contributed by atoms with Gasteiger partial charge in [0.2, 0.25) is 5.28 Å². The third-order valence-corrected chi connectivity index (χ3v) is 4.19. The molecule has 0 saturated carbocycles. The number of benzene rings is 1. The van der Waals surface area contributed by atoms with Crippen molar-refractivity contribution in [3.63, 3.8) is 0 Å². The lowest BCUT2D eigenvalue weighted by atomic mass is 10.2. The summed E-state index contributed by atoms with van der Waals surface area (Å²) < 4.78 is 2.03. The maximum absolute atomic E-state index is 6.14. The van der Waals surface area contributed by atoms with Gasteiger partial charge in [0.15, 0.2) is 17.0 Å². The topological polar surface area (TPSA) is 46.8 Å². The highest BCUT2D eigenvalue weighted by Gasteiger charge is 2.20. The third kappa shape index (κ3) is 2.41. The zero-order chi connectivity index (χ0) is 14.9. The molecule has 0 atom stereocenters. The fourth-order valence-electron chi connectivity index (χ4n) is 2.95. The first-order chi connectivity index (χ1) is 10.8. The molecule has 0 unspecified atom stereocenters. The van der Waals surface area contributed by atoms with Crippen molar-refractivity contribution in [2.75, 3.05) is 18.0 Å². The summed E-state index contributed by atoms with van der Waals surface area (Å²) in [4.78, 5) is 15.6. The summed E-state index contributed by atoms with van der Waals surface area (Å²) in [6.45, 7) is 2.74. The molecule has 3 heterocycles. The predicted octanol–water partition coefficient (Wildman–Crippen LogP) is 3.13. The fraction of sp³-hybridized carbons (Fsp3) is 0.312. The van der Waals surface area contributed by atoms with Crippen LogP contribution in [0.3, 0.4) is 0 Å². The van der Waals surface area contributed by atoms with Crippen LogP contribution in [0.4, 0.5) is 5.82 Å². The second-order valence-electron chi connectivity index (χ2n) is 5.54. The lowest BCUT2D eigenvalue weighted by Crippen LogP contribution is -2.19. The van der Waals surface area contributed by atoms with Crippen LogP contribution in [0.25, 0.3) is 11.2 Å². The monoisotopic (exact) mass is 313 g/mol. The van der Waals surface area contributed by atoms with E-state index in [-0.39, 0.29) is 5.28 Å². The maximum atomic E-state index is 6.14. The number of aromatic nitrogens is 4. The average Bonchev–Trinajstić information content (AvgIpc) is 3.18. The molecule has 0 bridgehead atoms. The van der Waals surface area contributed by atoms with Crippen molar-refractivity contribution in [1.29, 1.82) is 0 Å². The molecule has 1 fully saturated rings. The zero-order valence-electron chi connectivity index (χ0n) is 12.1. The van der Waals surface area contributed by atoms with Crippen molar-refractivity contribution in [1.82, 2.24) is 19.5 Å². The van der Waals surface area contributed by atoms with E-state index in [0.717, 1.165) is 36.6 Å². The van der Waals surface area contributed by atoms with Crippen molar-refractivity contribution in [2.24, 2.45) is 0 Å². The Bertz CT molecular complexity index is 793. The van der Waals surface area contributed by atoms with Crippen molar-refractivity contribution in [2.45, 2.75) is 19.4 Å². The summed E-state index contributed by atoms with van der Waals surface area (Å²) in [6, 6.07) is 10.3. The average molecular weight is 314 g/mol. The normalized spacial score (nSPS) is 14.9. The van der Waals surface area contributed by atoms with Crippen LogP contribution in [0.15, 0.2) is 36.7 Å². The Morgan fingerprint density at radius 1 is 1.05 bits per heavy atom. The minimum atomic E-state index is 0.282. The molecule has 112 valence electrons. The van der Waals surface area contributed by atoms with E-state index in [9.17, 15) is 0 Å². The van der Waals surface area contributed by atoms with E-state index >= 15 is 0 Å². The Morgan fingerprint density at radius 2 is 1.82 bits per heavy atom. The fourth-order valence-corrected chi connectivity index (χ4v) is 3.11. The molecule has 6 heteroatoms. The Morgan fingerprint density at radius 3 is 2.59 bits per heavy atom. The predicted molar refractivity (Wildman–Crippen MR) is 87.3 cm³/mol. The molecule has 4 rings (SSSR count). The molecule has 1 aromatic carbocycles. The van der Waals surface area contributed by atoms with Gasteiger partial charge in [-0.3, -0.25) is 0 Å². The maximum Gasteiger partial charge on any atom is 0.226 e. The first-order valence-corrected chi connectivity index (χ1v) is 7.86. The van der Waals surface area contributed by atoms with Gasteiger partial charge in [-0.15, -0.1) is 0 Å². The summed E-state index contributed by atoms with van der Waals surface area (Å²) in [5, 5.41) is 0.282. The van der Waals surface area contributed by atoms with Crippen LogP contribution < -0.4 is 4.90 Å². The van der Waals surface area contributed by atoms with E-state index in [1.54, 1.807) is 0 Å². The van der Waals surface area contributed by atoms with Crippen molar-refractivity contribution in [3.8, 4) is 0 Å². The van der Waals surface area contributed by atoms with Crippen LogP contribution in [-0.2, 0) is 6.54 Å². The van der Waals surface area contributed by atoms with Crippen molar-refractivity contribution >= 4 is 28.6 Å². The number of hydrogen-bond acceptors (Lipinski definition) is 4. The molecule has 5 nitrogen and oxygen atoms in total. The van der Waals surface area contributed by atoms with Crippen LogP contribution in [0.1, 0.15) is 18.4 Å². The second kappa shape index (κ2) is 5.57. The van der Waals surface area contributed by atoms with Crippen LogP contribution in [-0.4, -0.2) is 32.6 Å². The Balaban J connectivity index is 1.78. The number of anilines is 1. The Hall–Kier alpha value is -2.14. The van der Waals surface area contributed by atoms with Crippen LogP contribution in [0.2, 0.25) is 5.28 Å². The number of imidazole rings is 1. The van der Waals surface area contributed by atoms with E-state index in [0.29, 0.717) is 0 Å². The van der Waals surface area contributed by atoms with Gasteiger partial charge in [0.25, 0.3) is 0 Å². The SMILES string of the molecule is Clc1nc(N2CCCC2)c2ncn(Cc3ccccc3)c2n1. The highest BCUT2D eigenvalue weighted by atomic mass is 35.5. The van der Waals surface area contributed by atoms with Crippen LogP contribution >= 0.6 is 11.6 Å². The van der Waals surface area contributed by atoms with Gasteiger partial charge in [0.05, 0.1) is 12.9 Å². The summed E-state index contributed by atoms with van der Waals surface area (Å²) in [5.74, 6) is 0.860. The van der Waals surface area contributed by atoms with E-state index in [1.165, 1.54) is 18.4 Å².